The lowest BCUT2D eigenvalue weighted by atomic mass is 10.0. The molecule has 0 radical (unpaired) electrons. The van der Waals surface area contributed by atoms with Gasteiger partial charge in [-0.25, -0.2) is 0 Å². The first-order valence-electron chi connectivity index (χ1n) is 13.6. The van der Waals surface area contributed by atoms with Crippen molar-refractivity contribution in [2.75, 3.05) is 26.7 Å². The van der Waals surface area contributed by atoms with Crippen LogP contribution in [0.3, 0.4) is 0 Å². The monoisotopic (exact) mass is 542 g/mol. The lowest BCUT2D eigenvalue weighted by Gasteiger charge is -2.39. The predicted octanol–water partition coefficient (Wildman–Crippen LogP) is 3.12. The standard InChI is InChI=1S/C31H34N4O5/c1-34-20-29(36)33-27-19-35(31(38)17-23-7-4-13-32-18-23)14-12-28(27)39-21-24-6-3-9-26(16-24)40-25-8-2-5-22(15-25)10-11-30(34)37/h2-9,13,15-16,18,27-28H,10-12,14,17,19-21H2,1H3,(H,33,36)/t27-,28+/m0/s1. The van der Waals surface area contributed by atoms with E-state index in [4.69, 9.17) is 9.47 Å². The van der Waals surface area contributed by atoms with Crippen molar-refractivity contribution in [3.8, 4) is 11.5 Å². The number of fused-ring (bicyclic) bond motifs is 5. The van der Waals surface area contributed by atoms with Gasteiger partial charge in [-0.05, 0) is 59.9 Å². The number of aromatic nitrogens is 1. The number of hydrogen-bond acceptors (Lipinski definition) is 6. The van der Waals surface area contributed by atoms with Crippen LogP contribution in [-0.4, -0.2) is 71.3 Å². The van der Waals surface area contributed by atoms with Crippen molar-refractivity contribution in [1.29, 1.82) is 0 Å². The molecule has 2 aromatic carbocycles. The number of amides is 3. The molecule has 5 rings (SSSR count). The molecule has 0 saturated carbocycles. The molecule has 0 unspecified atom stereocenters. The highest BCUT2D eigenvalue weighted by Gasteiger charge is 2.33. The van der Waals surface area contributed by atoms with Crippen LogP contribution in [0.15, 0.2) is 73.1 Å². The molecule has 0 spiro atoms. The van der Waals surface area contributed by atoms with Crippen molar-refractivity contribution in [3.05, 3.63) is 89.7 Å². The largest absolute Gasteiger partial charge is 0.457 e. The molecule has 0 aliphatic carbocycles. The zero-order chi connectivity index (χ0) is 27.9. The lowest BCUT2D eigenvalue weighted by Crippen LogP contribution is -2.58. The third-order valence-corrected chi connectivity index (χ3v) is 7.26. The number of nitrogens with one attached hydrogen (secondary N) is 1. The molecule has 208 valence electrons. The number of nitrogens with zero attached hydrogens (tertiary/aromatic N) is 3. The molecule has 40 heavy (non-hydrogen) atoms. The van der Waals surface area contributed by atoms with Gasteiger partial charge in [0.1, 0.15) is 11.5 Å². The fourth-order valence-corrected chi connectivity index (χ4v) is 5.08. The summed E-state index contributed by atoms with van der Waals surface area (Å²) < 4.78 is 12.4. The Labute approximate surface area is 234 Å². The molecule has 4 bridgehead atoms. The second kappa shape index (κ2) is 12.7. The molecule has 3 amide bonds. The second-order valence-electron chi connectivity index (χ2n) is 10.3. The summed E-state index contributed by atoms with van der Waals surface area (Å²) in [5.41, 5.74) is 2.76. The minimum atomic E-state index is -0.416. The summed E-state index contributed by atoms with van der Waals surface area (Å²) in [5.74, 6) is 0.950. The molecule has 1 saturated heterocycles. The van der Waals surface area contributed by atoms with E-state index in [1.807, 2.05) is 60.7 Å². The summed E-state index contributed by atoms with van der Waals surface area (Å²) in [6.07, 6.45) is 4.69. The Bertz CT molecular complexity index is 1350. The van der Waals surface area contributed by atoms with E-state index in [1.165, 1.54) is 4.90 Å². The van der Waals surface area contributed by atoms with Gasteiger partial charge in [0, 0.05) is 39.0 Å². The number of hydrogen-bond donors (Lipinski definition) is 1. The van der Waals surface area contributed by atoms with Gasteiger partial charge in [0.15, 0.2) is 0 Å². The summed E-state index contributed by atoms with van der Waals surface area (Å²) in [4.78, 5) is 46.2. The average molecular weight is 543 g/mol. The topological polar surface area (TPSA) is 101 Å². The van der Waals surface area contributed by atoms with Crippen LogP contribution in [0.4, 0.5) is 0 Å². The molecule has 1 N–H and O–H groups in total. The van der Waals surface area contributed by atoms with Crippen LogP contribution in [0.2, 0.25) is 0 Å². The summed E-state index contributed by atoms with van der Waals surface area (Å²) in [6.45, 7) is 1.10. The van der Waals surface area contributed by atoms with Crippen molar-refractivity contribution < 1.29 is 23.9 Å². The Kier molecular flexibility index (Phi) is 8.71. The van der Waals surface area contributed by atoms with Crippen LogP contribution in [0.25, 0.3) is 0 Å². The molecule has 3 heterocycles. The lowest BCUT2D eigenvalue weighted by molar-refractivity contribution is -0.138. The summed E-state index contributed by atoms with van der Waals surface area (Å²) in [5, 5.41) is 3.05. The quantitative estimate of drug-likeness (QED) is 0.534. The summed E-state index contributed by atoms with van der Waals surface area (Å²) in [6, 6.07) is 18.7. The minimum absolute atomic E-state index is 0.0273. The van der Waals surface area contributed by atoms with Crippen LogP contribution in [0.1, 0.15) is 29.5 Å². The van der Waals surface area contributed by atoms with E-state index < -0.39 is 6.04 Å². The molecule has 2 aliphatic rings. The molecular formula is C31H34N4O5. The SMILES string of the molecule is CN1CC(=O)N[C@H]2CN(C(=O)Cc3cccnc3)CC[C@H]2OCc2cccc(c2)Oc2cccc(c2)CCC1=O. The number of likely N-dealkylation sites (tertiary alicyclic amines) is 1. The third kappa shape index (κ3) is 7.24. The van der Waals surface area contributed by atoms with Gasteiger partial charge < -0.3 is 24.6 Å². The first-order valence-corrected chi connectivity index (χ1v) is 13.6. The first-order chi connectivity index (χ1) is 19.4. The number of piperidine rings is 1. The van der Waals surface area contributed by atoms with Crippen molar-refractivity contribution in [1.82, 2.24) is 20.1 Å². The van der Waals surface area contributed by atoms with Crippen LogP contribution in [0.5, 0.6) is 11.5 Å². The minimum Gasteiger partial charge on any atom is -0.457 e. The smallest absolute Gasteiger partial charge is 0.239 e. The maximum atomic E-state index is 13.1. The number of likely N-dealkylation sites (N-methyl/N-ethyl adjacent to an activating group) is 1. The molecule has 1 fully saturated rings. The Morgan fingerprint density at radius 3 is 2.58 bits per heavy atom. The average Bonchev–Trinajstić information content (AvgIpc) is 2.95. The van der Waals surface area contributed by atoms with Crippen LogP contribution >= 0.6 is 0 Å². The van der Waals surface area contributed by atoms with Gasteiger partial charge in [0.25, 0.3) is 0 Å². The van der Waals surface area contributed by atoms with Gasteiger partial charge in [0.05, 0.1) is 31.7 Å². The van der Waals surface area contributed by atoms with Gasteiger partial charge in [-0.15, -0.1) is 0 Å². The Hall–Kier alpha value is -4.24. The van der Waals surface area contributed by atoms with Crippen molar-refractivity contribution in [2.24, 2.45) is 0 Å². The molecule has 1 aromatic heterocycles. The van der Waals surface area contributed by atoms with E-state index in [2.05, 4.69) is 10.3 Å². The van der Waals surface area contributed by atoms with E-state index in [0.717, 1.165) is 16.7 Å². The molecular weight excluding hydrogens is 508 g/mol. The molecule has 3 aromatic rings. The zero-order valence-electron chi connectivity index (χ0n) is 22.6. The number of carbonyl (C=O) groups excluding carboxylic acids is 3. The molecule has 2 aliphatic heterocycles. The second-order valence-corrected chi connectivity index (χ2v) is 10.3. The molecule has 9 heteroatoms. The normalized spacial score (nSPS) is 20.4. The molecule has 2 atom stereocenters. The van der Waals surface area contributed by atoms with Crippen LogP contribution in [-0.2, 0) is 38.6 Å². The molecule has 9 nitrogen and oxygen atoms in total. The number of pyridine rings is 1. The van der Waals surface area contributed by atoms with Gasteiger partial charge in [-0.1, -0.05) is 30.3 Å². The van der Waals surface area contributed by atoms with Gasteiger partial charge >= 0.3 is 0 Å². The summed E-state index contributed by atoms with van der Waals surface area (Å²) >= 11 is 0. The van der Waals surface area contributed by atoms with Crippen LogP contribution in [0, 0.1) is 0 Å². The Morgan fingerprint density at radius 1 is 1.02 bits per heavy atom. The number of aryl methyl sites for hydroxylation is 1. The number of rotatable bonds is 2. The maximum absolute atomic E-state index is 13.1. The van der Waals surface area contributed by atoms with E-state index in [-0.39, 0.29) is 43.2 Å². The number of ether oxygens (including phenoxy) is 2. The Morgan fingerprint density at radius 2 is 1.80 bits per heavy atom. The fourth-order valence-electron chi connectivity index (χ4n) is 5.08. The highest BCUT2D eigenvalue weighted by atomic mass is 16.5. The fraction of sp³-hybridized carbons (Fsp3) is 0.355. The van der Waals surface area contributed by atoms with E-state index in [9.17, 15) is 14.4 Å². The Balaban J connectivity index is 1.34. The van der Waals surface area contributed by atoms with Crippen molar-refractivity contribution >= 4 is 17.7 Å². The highest BCUT2D eigenvalue weighted by Crippen LogP contribution is 2.25. The van der Waals surface area contributed by atoms with Crippen molar-refractivity contribution in [2.45, 2.75) is 44.4 Å². The van der Waals surface area contributed by atoms with E-state index >= 15 is 0 Å². The third-order valence-electron chi connectivity index (χ3n) is 7.26. The van der Waals surface area contributed by atoms with Gasteiger partial charge in [0.2, 0.25) is 17.7 Å². The number of benzene rings is 2. The zero-order valence-corrected chi connectivity index (χ0v) is 22.6. The van der Waals surface area contributed by atoms with E-state index in [1.54, 1.807) is 24.3 Å². The van der Waals surface area contributed by atoms with E-state index in [0.29, 0.717) is 44.0 Å². The van der Waals surface area contributed by atoms with Crippen LogP contribution < -0.4 is 10.1 Å². The predicted molar refractivity (Wildman–Crippen MR) is 149 cm³/mol. The summed E-state index contributed by atoms with van der Waals surface area (Å²) in [7, 11) is 1.63. The van der Waals surface area contributed by atoms with Gasteiger partial charge in [-0.2, -0.15) is 0 Å². The number of carbonyl (C=O) groups is 3. The maximum Gasteiger partial charge on any atom is 0.239 e. The van der Waals surface area contributed by atoms with Gasteiger partial charge in [-0.3, -0.25) is 19.4 Å². The van der Waals surface area contributed by atoms with Crippen molar-refractivity contribution in [3.63, 3.8) is 0 Å². The first kappa shape index (κ1) is 27.3. The highest BCUT2D eigenvalue weighted by molar-refractivity contribution is 5.85.